The third-order valence-electron chi connectivity index (χ3n) is 22.1. The lowest BCUT2D eigenvalue weighted by Crippen LogP contribution is -2.27. The molecular formula is C89H95F3N12O. The molecule has 13 nitrogen and oxygen atoms in total. The van der Waals surface area contributed by atoms with Crippen LogP contribution in [0.5, 0.6) is 0 Å². The topological polar surface area (TPSA) is 91.7 Å². The molecule has 16 heteroatoms. The molecule has 11 heterocycles. The number of amides is 1. The van der Waals surface area contributed by atoms with Gasteiger partial charge in [0.1, 0.15) is 17.5 Å². The normalized spacial score (nSPS) is 16.2. The van der Waals surface area contributed by atoms with Crippen LogP contribution in [0.4, 0.5) is 18.9 Å². The molecule has 0 spiro atoms. The Morgan fingerprint density at radius 3 is 1.26 bits per heavy atom. The van der Waals surface area contributed by atoms with Crippen molar-refractivity contribution in [3.05, 3.63) is 261 Å². The average molecular weight is 1410 g/mol. The average Bonchev–Trinajstić information content (AvgIpc) is 1.63. The van der Waals surface area contributed by atoms with E-state index in [-0.39, 0.29) is 23.4 Å². The van der Waals surface area contributed by atoms with Gasteiger partial charge in [-0.3, -0.25) is 19.7 Å². The van der Waals surface area contributed by atoms with E-state index in [4.69, 9.17) is 0 Å². The number of para-hydroxylation sites is 1. The highest BCUT2D eigenvalue weighted by Crippen LogP contribution is 2.40. The van der Waals surface area contributed by atoms with Crippen LogP contribution in [0.2, 0.25) is 0 Å². The van der Waals surface area contributed by atoms with Gasteiger partial charge in [-0.25, -0.2) is 13.2 Å². The summed E-state index contributed by atoms with van der Waals surface area (Å²) in [7, 11) is 10.4. The van der Waals surface area contributed by atoms with Crippen molar-refractivity contribution in [3.8, 4) is 0 Å². The number of halogens is 3. The number of carbonyl (C=O) groups excluding carboxylic acids is 1. The Morgan fingerprint density at radius 1 is 0.438 bits per heavy atom. The summed E-state index contributed by atoms with van der Waals surface area (Å²) in [6.45, 7) is 17.8. The molecule has 4 aliphatic heterocycles. The third kappa shape index (κ3) is 15.4. The zero-order chi connectivity index (χ0) is 73.2. The number of pyridine rings is 3. The van der Waals surface area contributed by atoms with Gasteiger partial charge in [0.25, 0.3) is 0 Å². The molecule has 0 saturated heterocycles. The summed E-state index contributed by atoms with van der Waals surface area (Å²) in [5, 5.41) is 4.68. The van der Waals surface area contributed by atoms with E-state index in [9.17, 15) is 18.0 Å². The number of fused-ring (bicyclic) bond motifs is 12. The molecule has 5 aliphatic rings. The number of anilines is 1. The van der Waals surface area contributed by atoms with Crippen molar-refractivity contribution in [2.24, 2.45) is 5.92 Å². The van der Waals surface area contributed by atoms with Crippen LogP contribution in [0.15, 0.2) is 171 Å². The highest BCUT2D eigenvalue weighted by Gasteiger charge is 2.28. The third-order valence-corrected chi connectivity index (χ3v) is 22.1. The Kier molecular flexibility index (Phi) is 21.3. The molecule has 0 unspecified atom stereocenters. The van der Waals surface area contributed by atoms with Crippen molar-refractivity contribution in [2.45, 2.75) is 112 Å². The Morgan fingerprint density at radius 2 is 0.819 bits per heavy atom. The van der Waals surface area contributed by atoms with E-state index < -0.39 is 0 Å². The SMILES string of the molecule is C/C(=C\n1c2c(c3cc(CC4CCC4)ccc31)CN(C)CC2)c1ccncc1.C/C(=C\n1c2c(c3cc(F)ccc31)CN(C)CC2)c1ccncc1.C/C(=C\n1c2c(c3cccc(F)c31)CN(C)CC2)c1ccncc1.CC(=O)N(C)c1ccc2c(c1)c1c(n2/C=C(\C)c2ccc(F)cc2)CCN(C)C1. The second kappa shape index (κ2) is 31.2. The molecule has 538 valence electrons. The van der Waals surface area contributed by atoms with Crippen molar-refractivity contribution in [1.29, 1.82) is 0 Å². The minimum Gasteiger partial charge on any atom is -0.320 e. The first kappa shape index (κ1) is 71.7. The van der Waals surface area contributed by atoms with Crippen LogP contribution in [0.3, 0.4) is 0 Å². The molecule has 0 atom stereocenters. The van der Waals surface area contributed by atoms with Gasteiger partial charge in [0, 0.05) is 204 Å². The van der Waals surface area contributed by atoms with Crippen LogP contribution in [-0.2, 0) is 63.1 Å². The summed E-state index contributed by atoms with van der Waals surface area (Å²) in [5.41, 5.74) is 26.4. The molecule has 7 aromatic heterocycles. The van der Waals surface area contributed by atoms with E-state index in [1.54, 1.807) is 67.9 Å². The highest BCUT2D eigenvalue weighted by molar-refractivity contribution is 5.98. The van der Waals surface area contributed by atoms with Crippen molar-refractivity contribution in [2.75, 3.05) is 66.3 Å². The van der Waals surface area contributed by atoms with Crippen LogP contribution < -0.4 is 4.90 Å². The minimum atomic E-state index is -0.226. The first-order valence-corrected chi connectivity index (χ1v) is 36.9. The monoisotopic (exact) mass is 1400 g/mol. The Bertz CT molecular complexity index is 5300. The van der Waals surface area contributed by atoms with Gasteiger partial charge in [0.15, 0.2) is 0 Å². The smallest absolute Gasteiger partial charge is 0.223 e. The minimum absolute atomic E-state index is 0.0156. The molecule has 12 aromatic rings. The number of likely N-dealkylation sites (N-methyl/N-ethyl adjacent to an activating group) is 4. The fraction of sp³-hybridized carbons (Fsp3) is 0.303. The second-order valence-corrected chi connectivity index (χ2v) is 29.5. The molecule has 17 rings (SSSR count). The number of hydrogen-bond acceptors (Lipinski definition) is 8. The number of rotatable bonds is 11. The molecule has 1 fully saturated rings. The zero-order valence-electron chi connectivity index (χ0n) is 62.3. The van der Waals surface area contributed by atoms with Gasteiger partial charge >= 0.3 is 0 Å². The van der Waals surface area contributed by atoms with Crippen LogP contribution in [0, 0.1) is 23.4 Å². The summed E-state index contributed by atoms with van der Waals surface area (Å²) in [6, 6.07) is 42.7. The lowest BCUT2D eigenvalue weighted by atomic mass is 9.81. The Balaban J connectivity index is 0.000000118. The van der Waals surface area contributed by atoms with Crippen molar-refractivity contribution >= 4 is 102 Å². The molecular weight excluding hydrogens is 1310 g/mol. The summed E-state index contributed by atoms with van der Waals surface area (Å²) in [4.78, 5) is 35.2. The number of nitrogens with zero attached hydrogens (tertiary/aromatic N) is 12. The Labute approximate surface area is 615 Å². The predicted molar refractivity (Wildman–Crippen MR) is 426 cm³/mol. The number of benzene rings is 5. The maximum atomic E-state index is 14.6. The number of allylic oxidation sites excluding steroid dienone is 4. The lowest BCUT2D eigenvalue weighted by molar-refractivity contribution is -0.116. The first-order valence-electron chi connectivity index (χ1n) is 36.9. The summed E-state index contributed by atoms with van der Waals surface area (Å²) < 4.78 is 50.7. The van der Waals surface area contributed by atoms with E-state index in [2.05, 4.69) is 176 Å². The van der Waals surface area contributed by atoms with Gasteiger partial charge in [-0.1, -0.05) is 49.6 Å². The van der Waals surface area contributed by atoms with E-state index >= 15 is 0 Å². The van der Waals surface area contributed by atoms with Gasteiger partial charge in [-0.05, 0) is 244 Å². The molecule has 0 N–H and O–H groups in total. The summed E-state index contributed by atoms with van der Waals surface area (Å²) >= 11 is 0. The number of aromatic nitrogens is 7. The maximum Gasteiger partial charge on any atom is 0.223 e. The second-order valence-electron chi connectivity index (χ2n) is 29.5. The van der Waals surface area contributed by atoms with Gasteiger partial charge in [-0.2, -0.15) is 0 Å². The maximum absolute atomic E-state index is 14.6. The highest BCUT2D eigenvalue weighted by atomic mass is 19.1. The van der Waals surface area contributed by atoms with Crippen molar-refractivity contribution in [1.82, 2.24) is 52.8 Å². The van der Waals surface area contributed by atoms with Gasteiger partial charge in [0.05, 0.1) is 22.1 Å². The van der Waals surface area contributed by atoms with Crippen LogP contribution in [0.1, 0.15) is 127 Å². The molecule has 1 saturated carbocycles. The Hall–Kier alpha value is -10.2. The molecule has 1 amide bonds. The summed E-state index contributed by atoms with van der Waals surface area (Å²) in [5.74, 6) is 0.359. The molecule has 5 aromatic carbocycles. The van der Waals surface area contributed by atoms with E-state index in [1.165, 1.54) is 121 Å². The number of hydrogen-bond donors (Lipinski definition) is 0. The molecule has 0 radical (unpaired) electrons. The fourth-order valence-electron chi connectivity index (χ4n) is 15.9. The van der Waals surface area contributed by atoms with Crippen LogP contribution in [-0.4, -0.2) is 120 Å². The van der Waals surface area contributed by atoms with Crippen molar-refractivity contribution < 1.29 is 18.0 Å². The molecule has 1 aliphatic carbocycles. The predicted octanol–water partition coefficient (Wildman–Crippen LogP) is 18.5. The van der Waals surface area contributed by atoms with E-state index in [0.29, 0.717) is 5.52 Å². The first-order chi connectivity index (χ1) is 50.8. The fourth-order valence-corrected chi connectivity index (χ4v) is 15.9. The van der Waals surface area contributed by atoms with Gasteiger partial charge < -0.3 is 42.8 Å². The van der Waals surface area contributed by atoms with E-state index in [0.717, 1.165) is 139 Å². The summed E-state index contributed by atoms with van der Waals surface area (Å²) in [6.07, 6.45) is 29.1. The largest absolute Gasteiger partial charge is 0.320 e. The lowest BCUT2D eigenvalue weighted by Gasteiger charge is -2.25. The van der Waals surface area contributed by atoms with E-state index in [1.807, 2.05) is 67.0 Å². The molecule has 105 heavy (non-hydrogen) atoms. The molecule has 0 bridgehead atoms. The van der Waals surface area contributed by atoms with Crippen LogP contribution >= 0.6 is 0 Å². The van der Waals surface area contributed by atoms with Crippen molar-refractivity contribution in [3.63, 3.8) is 0 Å². The van der Waals surface area contributed by atoms with Crippen LogP contribution in [0.25, 0.3) is 90.7 Å². The number of carbonyl (C=O) groups is 1. The standard InChI is InChI=1S/C25H29N3.C24H26FN3O.2C20H20FN3/c1-18(21-8-11-26-12-9-21)16-28-24-7-6-20(14-19-4-3-5-19)15-22(24)23-17-27(2)13-10-25(23)28;1-16(18-5-7-19(25)8-6-18)14-28-23-10-9-20(27(4)17(2)29)13-21(23)22-15-26(3)12-11-24(22)28;1-14(15-5-8-22-9-6-15)12-24-19-4-3-16(21)11-17(19)18-13-23(2)10-7-20(18)24;1-14(15-6-9-22-10-7-15)12-24-19-8-11-23(2)13-17(19)16-4-3-5-18(21)20(16)24/h6-9,11-12,15-16,19H,3-5,10,13-14,17H2,1-2H3;5-10,13-14H,11-12,15H2,1-4H3;3-6,8-9,11-12H,7,10,13H2,1-2H3;3-7,9-10,12H,8,11,13H2,1-2H3/b18-16+;16-14+;2*14-12+. The zero-order valence-corrected chi connectivity index (χ0v) is 62.3. The quantitative estimate of drug-likeness (QED) is 0.126. The van der Waals surface area contributed by atoms with Gasteiger partial charge in [-0.15, -0.1) is 0 Å². The van der Waals surface area contributed by atoms with Gasteiger partial charge in [0.2, 0.25) is 5.91 Å².